The van der Waals surface area contributed by atoms with Gasteiger partial charge in [0.25, 0.3) is 0 Å². The summed E-state index contributed by atoms with van der Waals surface area (Å²) in [7, 11) is 2.12. The first-order chi connectivity index (χ1) is 7.68. The van der Waals surface area contributed by atoms with Crippen molar-refractivity contribution in [3.63, 3.8) is 0 Å². The minimum Gasteiger partial charge on any atom is -0.481 e. The predicted molar refractivity (Wildman–Crippen MR) is 63.4 cm³/mol. The number of rotatable bonds is 4. The van der Waals surface area contributed by atoms with Crippen molar-refractivity contribution in [2.75, 3.05) is 13.6 Å². The first-order valence-corrected chi connectivity index (χ1v) is 6.61. The largest absolute Gasteiger partial charge is 0.481 e. The Morgan fingerprint density at radius 3 is 2.44 bits per heavy atom. The van der Waals surface area contributed by atoms with Crippen LogP contribution in [0.3, 0.4) is 0 Å². The van der Waals surface area contributed by atoms with Crippen LogP contribution in [0.2, 0.25) is 0 Å². The number of hydrogen-bond donors (Lipinski definition) is 1. The number of aliphatic carboxylic acids is 1. The van der Waals surface area contributed by atoms with Crippen LogP contribution in [-0.4, -0.2) is 35.6 Å². The van der Waals surface area contributed by atoms with Gasteiger partial charge < -0.3 is 10.0 Å². The normalized spacial score (nSPS) is 31.4. The van der Waals surface area contributed by atoms with E-state index in [-0.39, 0.29) is 12.0 Å². The van der Waals surface area contributed by atoms with Crippen molar-refractivity contribution in [1.29, 1.82) is 0 Å². The summed E-state index contributed by atoms with van der Waals surface area (Å²) < 4.78 is 0. The fraction of sp³-hybridized carbons (Fsp3) is 0.923. The maximum absolute atomic E-state index is 11.2. The fourth-order valence-corrected chi connectivity index (χ4v) is 3.14. The zero-order chi connectivity index (χ0) is 11.5. The Kier molecular flexibility index (Phi) is 3.85. The minimum atomic E-state index is -0.592. The average molecular weight is 225 g/mol. The van der Waals surface area contributed by atoms with Crippen LogP contribution in [0.5, 0.6) is 0 Å². The van der Waals surface area contributed by atoms with E-state index in [0.29, 0.717) is 0 Å². The summed E-state index contributed by atoms with van der Waals surface area (Å²) in [5.74, 6) is 0.116. The van der Waals surface area contributed by atoms with Crippen LogP contribution in [0.1, 0.15) is 44.9 Å². The molecule has 2 aliphatic rings. The second kappa shape index (κ2) is 5.17. The van der Waals surface area contributed by atoms with Crippen molar-refractivity contribution in [3.05, 3.63) is 0 Å². The van der Waals surface area contributed by atoms with Crippen LogP contribution in [0.4, 0.5) is 0 Å². The molecule has 0 aliphatic heterocycles. The van der Waals surface area contributed by atoms with Crippen LogP contribution in [-0.2, 0) is 4.79 Å². The van der Waals surface area contributed by atoms with Gasteiger partial charge in [0.1, 0.15) is 0 Å². The molecular weight excluding hydrogens is 202 g/mol. The molecule has 0 saturated heterocycles. The number of carboxylic acids is 1. The maximum atomic E-state index is 11.2. The van der Waals surface area contributed by atoms with E-state index in [2.05, 4.69) is 11.9 Å². The lowest BCUT2D eigenvalue weighted by Gasteiger charge is -2.39. The van der Waals surface area contributed by atoms with Gasteiger partial charge in [-0.2, -0.15) is 0 Å². The van der Waals surface area contributed by atoms with Crippen molar-refractivity contribution < 1.29 is 9.90 Å². The Morgan fingerprint density at radius 1 is 1.19 bits per heavy atom. The molecule has 2 fully saturated rings. The highest BCUT2D eigenvalue weighted by atomic mass is 16.4. The van der Waals surface area contributed by atoms with Crippen molar-refractivity contribution in [2.45, 2.75) is 51.0 Å². The first kappa shape index (κ1) is 11.9. The van der Waals surface area contributed by atoms with Gasteiger partial charge in [0.15, 0.2) is 0 Å². The highest BCUT2D eigenvalue weighted by molar-refractivity contribution is 5.71. The number of nitrogens with zero attached hydrogens (tertiary/aromatic N) is 1. The van der Waals surface area contributed by atoms with E-state index in [9.17, 15) is 9.90 Å². The highest BCUT2D eigenvalue weighted by Gasteiger charge is 2.34. The molecule has 0 bridgehead atoms. The zero-order valence-electron chi connectivity index (χ0n) is 10.2. The summed E-state index contributed by atoms with van der Waals surface area (Å²) in [4.78, 5) is 13.5. The van der Waals surface area contributed by atoms with E-state index >= 15 is 0 Å². The standard InChI is InChI=1S/C13H23NO2/c1-14(9-10-5-4-6-10)12-8-3-2-7-11(12)13(15)16/h10-12H,2-9H2,1H3,(H,15,16). The Labute approximate surface area is 97.8 Å². The molecule has 0 heterocycles. The Bertz CT molecular complexity index is 250. The fourth-order valence-electron chi connectivity index (χ4n) is 3.14. The van der Waals surface area contributed by atoms with Crippen molar-refractivity contribution in [2.24, 2.45) is 11.8 Å². The molecule has 2 saturated carbocycles. The van der Waals surface area contributed by atoms with Gasteiger partial charge >= 0.3 is 5.97 Å². The molecule has 16 heavy (non-hydrogen) atoms. The molecule has 0 spiro atoms. The number of carbonyl (C=O) groups is 1. The topological polar surface area (TPSA) is 40.5 Å². The van der Waals surface area contributed by atoms with E-state index in [4.69, 9.17) is 0 Å². The SMILES string of the molecule is CN(CC1CCC1)C1CCCCC1C(=O)O. The maximum Gasteiger partial charge on any atom is 0.308 e. The van der Waals surface area contributed by atoms with Gasteiger partial charge in [-0.05, 0) is 38.6 Å². The molecule has 92 valence electrons. The summed E-state index contributed by atoms with van der Waals surface area (Å²) in [5, 5.41) is 9.24. The van der Waals surface area contributed by atoms with Gasteiger partial charge in [0.2, 0.25) is 0 Å². The smallest absolute Gasteiger partial charge is 0.308 e. The van der Waals surface area contributed by atoms with Gasteiger partial charge in [-0.25, -0.2) is 0 Å². The third-order valence-corrected chi connectivity index (χ3v) is 4.38. The van der Waals surface area contributed by atoms with Gasteiger partial charge in [-0.15, -0.1) is 0 Å². The number of carboxylic acid groups (broad SMARTS) is 1. The summed E-state index contributed by atoms with van der Waals surface area (Å²) in [5.41, 5.74) is 0. The molecule has 1 N–H and O–H groups in total. The van der Waals surface area contributed by atoms with Crippen molar-refractivity contribution in [3.8, 4) is 0 Å². The monoisotopic (exact) mass is 225 g/mol. The molecule has 3 nitrogen and oxygen atoms in total. The number of hydrogen-bond acceptors (Lipinski definition) is 2. The van der Waals surface area contributed by atoms with Crippen LogP contribution in [0.15, 0.2) is 0 Å². The van der Waals surface area contributed by atoms with E-state index in [1.165, 1.54) is 25.7 Å². The summed E-state index contributed by atoms with van der Waals surface area (Å²) in [6, 6.07) is 0.284. The second-order valence-electron chi connectivity index (χ2n) is 5.53. The average Bonchev–Trinajstić information content (AvgIpc) is 2.23. The second-order valence-corrected chi connectivity index (χ2v) is 5.53. The van der Waals surface area contributed by atoms with Crippen LogP contribution in [0, 0.1) is 11.8 Å². The van der Waals surface area contributed by atoms with Crippen molar-refractivity contribution >= 4 is 5.97 Å². The molecule has 2 rings (SSSR count). The lowest BCUT2D eigenvalue weighted by Crippen LogP contribution is -2.45. The van der Waals surface area contributed by atoms with Crippen molar-refractivity contribution in [1.82, 2.24) is 4.90 Å². The molecule has 2 unspecified atom stereocenters. The van der Waals surface area contributed by atoms with Gasteiger partial charge in [-0.3, -0.25) is 4.79 Å². The van der Waals surface area contributed by atoms with Gasteiger partial charge in [0, 0.05) is 12.6 Å². The molecule has 0 aromatic carbocycles. The molecule has 2 atom stereocenters. The summed E-state index contributed by atoms with van der Waals surface area (Å²) >= 11 is 0. The minimum absolute atomic E-state index is 0.126. The molecular formula is C13H23NO2. The molecule has 0 radical (unpaired) electrons. The molecule has 0 aromatic rings. The predicted octanol–water partition coefficient (Wildman–Crippen LogP) is 2.36. The Hall–Kier alpha value is -0.570. The first-order valence-electron chi connectivity index (χ1n) is 6.61. The molecule has 0 amide bonds. The van der Waals surface area contributed by atoms with Gasteiger partial charge in [-0.1, -0.05) is 19.3 Å². The summed E-state index contributed by atoms with van der Waals surface area (Å²) in [6.45, 7) is 1.11. The van der Waals surface area contributed by atoms with E-state index in [0.717, 1.165) is 31.7 Å². The van der Waals surface area contributed by atoms with Gasteiger partial charge in [0.05, 0.1) is 5.92 Å². The van der Waals surface area contributed by atoms with E-state index in [1.54, 1.807) is 0 Å². The molecule has 3 heteroatoms. The Balaban J connectivity index is 1.90. The summed E-state index contributed by atoms with van der Waals surface area (Å²) in [6.07, 6.45) is 8.28. The Morgan fingerprint density at radius 2 is 1.88 bits per heavy atom. The lowest BCUT2D eigenvalue weighted by molar-refractivity contribution is -0.145. The third kappa shape index (κ3) is 2.57. The van der Waals surface area contributed by atoms with E-state index < -0.39 is 5.97 Å². The zero-order valence-corrected chi connectivity index (χ0v) is 10.2. The third-order valence-electron chi connectivity index (χ3n) is 4.38. The van der Waals surface area contributed by atoms with Crippen LogP contribution >= 0.6 is 0 Å². The quantitative estimate of drug-likeness (QED) is 0.798. The van der Waals surface area contributed by atoms with Crippen LogP contribution < -0.4 is 0 Å². The highest BCUT2D eigenvalue weighted by Crippen LogP contribution is 2.32. The molecule has 0 aromatic heterocycles. The van der Waals surface area contributed by atoms with E-state index in [1.807, 2.05) is 0 Å². The van der Waals surface area contributed by atoms with Crippen LogP contribution in [0.25, 0.3) is 0 Å². The lowest BCUT2D eigenvalue weighted by atomic mass is 9.81. The molecule has 2 aliphatic carbocycles.